The minimum absolute atomic E-state index is 0.0352. The molecule has 152 valence electrons. The van der Waals surface area contributed by atoms with Gasteiger partial charge in [-0.05, 0) is 61.4 Å². The maximum absolute atomic E-state index is 12.5. The number of methoxy groups -OCH3 is 1. The van der Waals surface area contributed by atoms with Crippen LogP contribution in [0.5, 0.6) is 5.75 Å². The molecule has 9 heteroatoms. The molecular weight excluding hydrogens is 400 g/mol. The third-order valence-electron chi connectivity index (χ3n) is 4.71. The Morgan fingerprint density at radius 2 is 1.32 bits per heavy atom. The van der Waals surface area contributed by atoms with Crippen LogP contribution in [0.15, 0.2) is 58.3 Å². The highest BCUT2D eigenvalue weighted by molar-refractivity contribution is 7.92. The van der Waals surface area contributed by atoms with Gasteiger partial charge in [-0.1, -0.05) is 19.3 Å². The van der Waals surface area contributed by atoms with Crippen LogP contribution >= 0.6 is 0 Å². The Bertz CT molecular complexity index is 995. The summed E-state index contributed by atoms with van der Waals surface area (Å²) in [6, 6.07) is 11.6. The van der Waals surface area contributed by atoms with E-state index >= 15 is 0 Å². The highest BCUT2D eigenvalue weighted by atomic mass is 32.2. The molecule has 0 aromatic heterocycles. The maximum atomic E-state index is 12.5. The highest BCUT2D eigenvalue weighted by Gasteiger charge is 2.22. The second-order valence-corrected chi connectivity index (χ2v) is 10.2. The topological polar surface area (TPSA) is 102 Å². The van der Waals surface area contributed by atoms with Gasteiger partial charge in [0.1, 0.15) is 5.75 Å². The van der Waals surface area contributed by atoms with Gasteiger partial charge in [0, 0.05) is 11.7 Å². The zero-order valence-corrected chi connectivity index (χ0v) is 17.2. The zero-order valence-electron chi connectivity index (χ0n) is 15.6. The minimum Gasteiger partial charge on any atom is -0.497 e. The van der Waals surface area contributed by atoms with E-state index in [1.807, 2.05) is 0 Å². The molecule has 2 aromatic carbocycles. The van der Waals surface area contributed by atoms with Crippen molar-refractivity contribution in [3.63, 3.8) is 0 Å². The van der Waals surface area contributed by atoms with Gasteiger partial charge < -0.3 is 4.74 Å². The largest absolute Gasteiger partial charge is 0.497 e. The van der Waals surface area contributed by atoms with Crippen LogP contribution in [0.1, 0.15) is 32.1 Å². The van der Waals surface area contributed by atoms with Gasteiger partial charge in [-0.2, -0.15) is 0 Å². The second-order valence-electron chi connectivity index (χ2n) is 6.76. The van der Waals surface area contributed by atoms with Crippen molar-refractivity contribution in [1.82, 2.24) is 4.72 Å². The van der Waals surface area contributed by atoms with E-state index in [0.717, 1.165) is 32.1 Å². The van der Waals surface area contributed by atoms with Gasteiger partial charge in [0.2, 0.25) is 10.0 Å². The molecule has 2 N–H and O–H groups in total. The molecule has 0 saturated heterocycles. The fourth-order valence-corrected chi connectivity index (χ4v) is 5.54. The molecule has 2 aromatic rings. The van der Waals surface area contributed by atoms with Crippen molar-refractivity contribution in [3.05, 3.63) is 48.5 Å². The summed E-state index contributed by atoms with van der Waals surface area (Å²) in [5.41, 5.74) is 0.285. The molecule has 0 radical (unpaired) electrons. The molecule has 0 spiro atoms. The van der Waals surface area contributed by atoms with Gasteiger partial charge in [-0.15, -0.1) is 0 Å². The van der Waals surface area contributed by atoms with Gasteiger partial charge in [0.25, 0.3) is 10.0 Å². The molecule has 1 fully saturated rings. The van der Waals surface area contributed by atoms with Crippen LogP contribution in [-0.4, -0.2) is 30.0 Å². The van der Waals surface area contributed by atoms with E-state index in [-0.39, 0.29) is 21.5 Å². The number of benzene rings is 2. The third-order valence-corrected chi connectivity index (χ3v) is 7.65. The van der Waals surface area contributed by atoms with Crippen molar-refractivity contribution in [2.45, 2.75) is 47.9 Å². The second kappa shape index (κ2) is 8.50. The summed E-state index contributed by atoms with van der Waals surface area (Å²) < 4.78 is 60.2. The van der Waals surface area contributed by atoms with Crippen LogP contribution in [-0.2, 0) is 20.0 Å². The molecule has 1 aliphatic carbocycles. The van der Waals surface area contributed by atoms with E-state index in [4.69, 9.17) is 4.74 Å². The molecule has 0 unspecified atom stereocenters. The molecule has 3 rings (SSSR count). The lowest BCUT2D eigenvalue weighted by Crippen LogP contribution is -2.36. The average Bonchev–Trinajstić information content (AvgIpc) is 2.68. The summed E-state index contributed by atoms with van der Waals surface area (Å²) in [6.07, 6.45) is 4.89. The average molecular weight is 425 g/mol. The summed E-state index contributed by atoms with van der Waals surface area (Å²) in [6.45, 7) is 0. The van der Waals surface area contributed by atoms with Crippen LogP contribution in [0, 0.1) is 0 Å². The smallest absolute Gasteiger partial charge is 0.261 e. The van der Waals surface area contributed by atoms with Gasteiger partial charge in [-0.25, -0.2) is 21.6 Å². The number of rotatable bonds is 7. The molecule has 7 nitrogen and oxygen atoms in total. The Morgan fingerprint density at radius 3 is 1.89 bits per heavy atom. The zero-order chi connectivity index (χ0) is 20.2. The maximum Gasteiger partial charge on any atom is 0.261 e. The lowest BCUT2D eigenvalue weighted by Gasteiger charge is -2.22. The summed E-state index contributed by atoms with van der Waals surface area (Å²) in [4.78, 5) is 0.203. The molecule has 0 heterocycles. The lowest BCUT2D eigenvalue weighted by atomic mass is 9.96. The van der Waals surface area contributed by atoms with Crippen LogP contribution in [0.2, 0.25) is 0 Å². The molecule has 1 aliphatic rings. The molecule has 0 atom stereocenters. The lowest BCUT2D eigenvalue weighted by molar-refractivity contribution is 0.412. The number of sulfonamides is 2. The summed E-state index contributed by atoms with van der Waals surface area (Å²) in [5, 5.41) is 0. The number of anilines is 1. The van der Waals surface area contributed by atoms with E-state index in [1.54, 1.807) is 12.1 Å². The van der Waals surface area contributed by atoms with Crippen molar-refractivity contribution in [2.75, 3.05) is 11.8 Å². The van der Waals surface area contributed by atoms with Crippen LogP contribution in [0.25, 0.3) is 0 Å². The van der Waals surface area contributed by atoms with Gasteiger partial charge in [-0.3, -0.25) is 4.72 Å². The van der Waals surface area contributed by atoms with Gasteiger partial charge in [0.15, 0.2) is 0 Å². The number of hydrogen-bond acceptors (Lipinski definition) is 5. The first kappa shape index (κ1) is 20.6. The molecular formula is C19H24N2O5S2. The Hall–Kier alpha value is -2.10. The first-order valence-electron chi connectivity index (χ1n) is 9.09. The van der Waals surface area contributed by atoms with Crippen molar-refractivity contribution < 1.29 is 21.6 Å². The quantitative estimate of drug-likeness (QED) is 0.711. The Labute approximate surface area is 166 Å². The van der Waals surface area contributed by atoms with E-state index in [9.17, 15) is 16.8 Å². The van der Waals surface area contributed by atoms with E-state index < -0.39 is 20.0 Å². The first-order chi connectivity index (χ1) is 13.3. The normalized spacial score (nSPS) is 15.9. The summed E-state index contributed by atoms with van der Waals surface area (Å²) in [7, 11) is -5.90. The van der Waals surface area contributed by atoms with Gasteiger partial charge >= 0.3 is 0 Å². The highest BCUT2D eigenvalue weighted by Crippen LogP contribution is 2.22. The fourth-order valence-electron chi connectivity index (χ4n) is 3.18. The molecule has 0 amide bonds. The number of hydrogen-bond donors (Lipinski definition) is 2. The van der Waals surface area contributed by atoms with Gasteiger partial charge in [0.05, 0.1) is 16.9 Å². The minimum atomic E-state index is -3.78. The van der Waals surface area contributed by atoms with Crippen molar-refractivity contribution in [3.8, 4) is 5.75 Å². The van der Waals surface area contributed by atoms with E-state index in [1.165, 1.54) is 43.5 Å². The predicted octanol–water partition coefficient (Wildman–Crippen LogP) is 3.11. The molecule has 0 bridgehead atoms. The number of nitrogens with one attached hydrogen (secondary N) is 2. The standard InChI is InChI=1S/C19H24N2O5S2/c1-26-17-9-13-19(14-10-17)28(24,25)21-16-7-11-18(12-8-16)27(22,23)20-15-5-3-2-4-6-15/h7-15,20-21H,2-6H2,1H3. The van der Waals surface area contributed by atoms with Crippen LogP contribution < -0.4 is 14.2 Å². The number of ether oxygens (including phenoxy) is 1. The van der Waals surface area contributed by atoms with E-state index in [2.05, 4.69) is 9.44 Å². The van der Waals surface area contributed by atoms with E-state index in [0.29, 0.717) is 5.75 Å². The summed E-state index contributed by atoms with van der Waals surface area (Å²) in [5.74, 6) is 0.555. The Morgan fingerprint density at radius 1 is 0.786 bits per heavy atom. The van der Waals surface area contributed by atoms with Crippen LogP contribution in [0.3, 0.4) is 0 Å². The fraction of sp³-hybridized carbons (Fsp3) is 0.368. The van der Waals surface area contributed by atoms with Crippen LogP contribution in [0.4, 0.5) is 5.69 Å². The molecule has 28 heavy (non-hydrogen) atoms. The predicted molar refractivity (Wildman–Crippen MR) is 107 cm³/mol. The third kappa shape index (κ3) is 5.03. The monoisotopic (exact) mass is 424 g/mol. The first-order valence-corrected chi connectivity index (χ1v) is 12.1. The SMILES string of the molecule is COc1ccc(S(=O)(=O)Nc2ccc(S(=O)(=O)NC3CCCCC3)cc2)cc1. The summed E-state index contributed by atoms with van der Waals surface area (Å²) >= 11 is 0. The van der Waals surface area contributed by atoms with Crippen molar-refractivity contribution >= 4 is 25.7 Å². The van der Waals surface area contributed by atoms with Crippen molar-refractivity contribution in [1.29, 1.82) is 0 Å². The molecule has 0 aliphatic heterocycles. The molecule has 1 saturated carbocycles. The Balaban J connectivity index is 1.71. The Kier molecular flexibility index (Phi) is 6.26. The van der Waals surface area contributed by atoms with Crippen molar-refractivity contribution in [2.24, 2.45) is 0 Å².